The Labute approximate surface area is 162 Å². The van der Waals surface area contributed by atoms with Gasteiger partial charge < -0.3 is 24.4 Å². The predicted molar refractivity (Wildman–Crippen MR) is 104 cm³/mol. The Bertz CT molecular complexity index is 626. The molecule has 3 aliphatic rings. The summed E-state index contributed by atoms with van der Waals surface area (Å²) in [5.41, 5.74) is -1.40. The van der Waals surface area contributed by atoms with Gasteiger partial charge in [-0.3, -0.25) is 0 Å². The Morgan fingerprint density at radius 3 is 2.56 bits per heavy atom. The van der Waals surface area contributed by atoms with Gasteiger partial charge in [-0.2, -0.15) is 0 Å². The highest BCUT2D eigenvalue weighted by Crippen LogP contribution is 2.71. The van der Waals surface area contributed by atoms with Crippen LogP contribution in [-0.4, -0.2) is 54.6 Å². The molecule has 27 heavy (non-hydrogen) atoms. The highest BCUT2D eigenvalue weighted by molar-refractivity contribution is 5.43. The van der Waals surface area contributed by atoms with Gasteiger partial charge >= 0.3 is 0 Å². The third-order valence-electron chi connectivity index (χ3n) is 7.36. The summed E-state index contributed by atoms with van der Waals surface area (Å²) in [5, 5.41) is 22.7. The molecule has 5 nitrogen and oxygen atoms in total. The molecular weight excluding hydrogens is 344 g/mol. The van der Waals surface area contributed by atoms with E-state index >= 15 is 0 Å². The van der Waals surface area contributed by atoms with Crippen molar-refractivity contribution in [2.75, 3.05) is 21.0 Å². The SMILES string of the molecule is C=CC[C@H]1[C@H]2[C@@H](C[C@@H](OCOC)[C@]1(O)C1=C[C@H](O)C[C@]1(C=C)OC)C2(C)C. The summed E-state index contributed by atoms with van der Waals surface area (Å²) in [6.45, 7) is 12.5. The summed E-state index contributed by atoms with van der Waals surface area (Å²) in [7, 11) is 3.17. The van der Waals surface area contributed by atoms with Gasteiger partial charge in [0.15, 0.2) is 0 Å². The minimum absolute atomic E-state index is 0.0726. The lowest BCUT2D eigenvalue weighted by atomic mass is 9.64. The first kappa shape index (κ1) is 20.7. The number of allylic oxidation sites excluding steroid dienone is 1. The molecule has 0 spiro atoms. The molecule has 3 aliphatic carbocycles. The molecule has 2 saturated carbocycles. The minimum atomic E-state index is -1.29. The Hall–Kier alpha value is -0.980. The summed E-state index contributed by atoms with van der Waals surface area (Å²) < 4.78 is 17.0. The summed E-state index contributed by atoms with van der Waals surface area (Å²) in [6.07, 6.45) is 5.91. The number of aliphatic hydroxyl groups is 2. The molecule has 0 amide bonds. The first-order valence-corrected chi connectivity index (χ1v) is 9.76. The van der Waals surface area contributed by atoms with Gasteiger partial charge in [0.2, 0.25) is 0 Å². The van der Waals surface area contributed by atoms with Gasteiger partial charge in [0, 0.05) is 26.6 Å². The number of aliphatic hydroxyl groups excluding tert-OH is 1. The Morgan fingerprint density at radius 2 is 2.00 bits per heavy atom. The standard InChI is InChI=1S/C22H34O5/c1-7-9-15-19-16(20(19,3)4)11-18(27-13-25-5)22(15,24)17-10-14(23)12-21(17,8-2)26-6/h7-8,10,14-16,18-19,23-24H,1-2,9,11-13H2,3-6H3/t14-,15-,16+,18+,19-,21-,22+/m0/s1. The molecule has 5 heteroatoms. The Kier molecular flexibility index (Phi) is 5.47. The van der Waals surface area contributed by atoms with Crippen LogP contribution in [-0.2, 0) is 14.2 Å². The molecule has 0 heterocycles. The van der Waals surface area contributed by atoms with E-state index in [1.54, 1.807) is 26.4 Å². The molecule has 0 aromatic rings. The zero-order valence-electron chi connectivity index (χ0n) is 17.0. The van der Waals surface area contributed by atoms with Crippen LogP contribution < -0.4 is 0 Å². The number of hydrogen-bond donors (Lipinski definition) is 2. The monoisotopic (exact) mass is 378 g/mol. The van der Waals surface area contributed by atoms with Crippen molar-refractivity contribution in [3.05, 3.63) is 37.0 Å². The number of rotatable bonds is 8. The van der Waals surface area contributed by atoms with Crippen LogP contribution >= 0.6 is 0 Å². The van der Waals surface area contributed by atoms with Crippen molar-refractivity contribution in [3.63, 3.8) is 0 Å². The second-order valence-electron chi connectivity index (χ2n) is 8.86. The average molecular weight is 379 g/mol. The van der Waals surface area contributed by atoms with E-state index in [9.17, 15) is 10.2 Å². The van der Waals surface area contributed by atoms with Crippen LogP contribution in [0.25, 0.3) is 0 Å². The topological polar surface area (TPSA) is 68.2 Å². The molecule has 3 rings (SSSR count). The molecule has 0 saturated heterocycles. The predicted octanol–water partition coefficient (Wildman–Crippen LogP) is 2.84. The van der Waals surface area contributed by atoms with Crippen molar-refractivity contribution in [2.24, 2.45) is 23.2 Å². The van der Waals surface area contributed by atoms with Crippen molar-refractivity contribution in [3.8, 4) is 0 Å². The van der Waals surface area contributed by atoms with Gasteiger partial charge in [0.05, 0.1) is 12.2 Å². The zero-order chi connectivity index (χ0) is 20.0. The zero-order valence-corrected chi connectivity index (χ0v) is 17.0. The van der Waals surface area contributed by atoms with Crippen LogP contribution in [0.2, 0.25) is 0 Å². The fourth-order valence-corrected chi connectivity index (χ4v) is 5.94. The largest absolute Gasteiger partial charge is 0.389 e. The van der Waals surface area contributed by atoms with Gasteiger partial charge in [-0.05, 0) is 35.7 Å². The number of hydrogen-bond acceptors (Lipinski definition) is 5. The van der Waals surface area contributed by atoms with Crippen molar-refractivity contribution in [1.29, 1.82) is 0 Å². The van der Waals surface area contributed by atoms with E-state index in [2.05, 4.69) is 27.0 Å². The van der Waals surface area contributed by atoms with Gasteiger partial charge in [-0.25, -0.2) is 0 Å². The van der Waals surface area contributed by atoms with Crippen LogP contribution in [0.15, 0.2) is 37.0 Å². The minimum Gasteiger partial charge on any atom is -0.389 e. The fourth-order valence-electron chi connectivity index (χ4n) is 5.94. The molecule has 2 N–H and O–H groups in total. The van der Waals surface area contributed by atoms with E-state index in [0.717, 1.165) is 6.42 Å². The normalized spacial score (nSPS) is 45.1. The van der Waals surface area contributed by atoms with Crippen LogP contribution in [0.4, 0.5) is 0 Å². The number of ether oxygens (including phenoxy) is 3. The molecule has 0 bridgehead atoms. The van der Waals surface area contributed by atoms with E-state index < -0.39 is 23.4 Å². The third kappa shape index (κ3) is 2.95. The quantitative estimate of drug-likeness (QED) is 0.502. The lowest BCUT2D eigenvalue weighted by molar-refractivity contribution is -0.185. The Balaban J connectivity index is 2.11. The molecule has 0 aromatic heterocycles. The van der Waals surface area contributed by atoms with Crippen LogP contribution in [0.1, 0.15) is 33.1 Å². The molecule has 0 unspecified atom stereocenters. The summed E-state index contributed by atoms with van der Waals surface area (Å²) in [6, 6.07) is 0. The first-order valence-electron chi connectivity index (χ1n) is 9.76. The third-order valence-corrected chi connectivity index (χ3v) is 7.36. The molecular formula is C22H34O5. The molecule has 0 radical (unpaired) electrons. The molecule has 0 aromatic carbocycles. The smallest absolute Gasteiger partial charge is 0.146 e. The van der Waals surface area contributed by atoms with E-state index in [0.29, 0.717) is 30.3 Å². The van der Waals surface area contributed by atoms with E-state index in [1.165, 1.54) is 0 Å². The summed E-state index contributed by atoms with van der Waals surface area (Å²) in [5.74, 6) is 0.773. The van der Waals surface area contributed by atoms with Gasteiger partial charge in [0.25, 0.3) is 0 Å². The van der Waals surface area contributed by atoms with E-state index in [1.807, 2.05) is 6.08 Å². The second kappa shape index (κ2) is 7.12. The first-order chi connectivity index (χ1) is 12.7. The maximum absolute atomic E-state index is 12.3. The molecule has 0 aliphatic heterocycles. The lowest BCUT2D eigenvalue weighted by Gasteiger charge is -2.49. The molecule has 7 atom stereocenters. The highest BCUT2D eigenvalue weighted by atomic mass is 16.7. The number of methoxy groups -OCH3 is 2. The van der Waals surface area contributed by atoms with Gasteiger partial charge in [-0.1, -0.05) is 38.7 Å². The van der Waals surface area contributed by atoms with Crippen molar-refractivity contribution < 1.29 is 24.4 Å². The second-order valence-corrected chi connectivity index (χ2v) is 8.86. The van der Waals surface area contributed by atoms with Crippen molar-refractivity contribution in [1.82, 2.24) is 0 Å². The fraction of sp³-hybridized carbons (Fsp3) is 0.727. The molecule has 2 fully saturated rings. The van der Waals surface area contributed by atoms with E-state index in [-0.39, 0.29) is 18.1 Å². The van der Waals surface area contributed by atoms with Crippen molar-refractivity contribution >= 4 is 0 Å². The summed E-state index contributed by atoms with van der Waals surface area (Å²) >= 11 is 0. The highest BCUT2D eigenvalue weighted by Gasteiger charge is 2.72. The van der Waals surface area contributed by atoms with Gasteiger partial charge in [-0.15, -0.1) is 6.58 Å². The summed E-state index contributed by atoms with van der Waals surface area (Å²) in [4.78, 5) is 0. The maximum Gasteiger partial charge on any atom is 0.146 e. The Morgan fingerprint density at radius 1 is 1.30 bits per heavy atom. The number of fused-ring (bicyclic) bond motifs is 1. The van der Waals surface area contributed by atoms with Crippen molar-refractivity contribution in [2.45, 2.75) is 56.5 Å². The van der Waals surface area contributed by atoms with E-state index in [4.69, 9.17) is 14.2 Å². The maximum atomic E-state index is 12.3. The van der Waals surface area contributed by atoms with Crippen LogP contribution in [0.3, 0.4) is 0 Å². The average Bonchev–Trinajstić information content (AvgIpc) is 3.00. The lowest BCUT2D eigenvalue weighted by Crippen LogP contribution is -2.59. The van der Waals surface area contributed by atoms with Gasteiger partial charge in [0.1, 0.15) is 18.0 Å². The van der Waals surface area contributed by atoms with Crippen LogP contribution in [0.5, 0.6) is 0 Å². The molecule has 152 valence electrons. The van der Waals surface area contributed by atoms with Crippen LogP contribution in [0, 0.1) is 23.2 Å².